The van der Waals surface area contributed by atoms with Gasteiger partial charge in [-0.2, -0.15) is 0 Å². The van der Waals surface area contributed by atoms with Gasteiger partial charge in [-0.15, -0.1) is 12.4 Å². The fraction of sp³-hybridized carbons (Fsp3) is 0.538. The minimum Gasteiger partial charge on any atom is -0.478 e. The molecule has 2 rings (SSSR count). The van der Waals surface area contributed by atoms with Crippen LogP contribution in [0.3, 0.4) is 0 Å². The summed E-state index contributed by atoms with van der Waals surface area (Å²) in [6.45, 7) is 3.33. The zero-order chi connectivity index (χ0) is 15.4. The summed E-state index contributed by atoms with van der Waals surface area (Å²) in [4.78, 5) is 17.3. The van der Waals surface area contributed by atoms with Crippen molar-refractivity contribution in [2.45, 2.75) is 12.5 Å². The third kappa shape index (κ3) is 4.86. The lowest BCUT2D eigenvalue weighted by Gasteiger charge is -2.30. The van der Waals surface area contributed by atoms with Crippen molar-refractivity contribution in [3.05, 3.63) is 21.8 Å². The molecule has 1 aromatic heterocycles. The van der Waals surface area contributed by atoms with E-state index in [4.69, 9.17) is 33.0 Å². The third-order valence-corrected chi connectivity index (χ3v) is 3.96. The summed E-state index contributed by atoms with van der Waals surface area (Å²) >= 11 is 11.7. The Bertz CT molecular complexity index is 531. The topological polar surface area (TPSA) is 74.7 Å². The molecule has 22 heavy (non-hydrogen) atoms. The number of piperazine rings is 1. The van der Waals surface area contributed by atoms with Crippen LogP contribution in [-0.2, 0) is 0 Å². The molecule has 1 fully saturated rings. The lowest BCUT2D eigenvalue weighted by atomic mass is 10.1. The Hall–Kier alpha value is -0.790. The molecule has 0 aliphatic carbocycles. The molecule has 0 bridgehead atoms. The number of hydrogen-bond donors (Lipinski definition) is 2. The summed E-state index contributed by atoms with van der Waals surface area (Å²) < 4.78 is 5.50. The molecule has 1 saturated heterocycles. The van der Waals surface area contributed by atoms with Crippen molar-refractivity contribution in [3.8, 4) is 5.88 Å². The summed E-state index contributed by atoms with van der Waals surface area (Å²) in [6.07, 6.45) is 2.02. The average Bonchev–Trinajstić information content (AvgIpc) is 2.41. The molecule has 0 saturated carbocycles. The van der Waals surface area contributed by atoms with Gasteiger partial charge in [0.1, 0.15) is 10.6 Å². The summed E-state index contributed by atoms with van der Waals surface area (Å²) in [5, 5.41) is 12.4. The van der Waals surface area contributed by atoms with E-state index in [1.807, 2.05) is 0 Å². The van der Waals surface area contributed by atoms with Gasteiger partial charge in [-0.1, -0.05) is 23.2 Å². The third-order valence-electron chi connectivity index (χ3n) is 3.32. The molecule has 1 aliphatic rings. The number of rotatable bonds is 5. The fourth-order valence-corrected chi connectivity index (χ4v) is 2.79. The molecule has 0 amide bonds. The molecule has 0 aromatic carbocycles. The number of halogens is 3. The van der Waals surface area contributed by atoms with Crippen molar-refractivity contribution in [1.29, 1.82) is 0 Å². The lowest BCUT2D eigenvalue weighted by Crippen LogP contribution is -2.49. The van der Waals surface area contributed by atoms with E-state index in [0.29, 0.717) is 12.6 Å². The van der Waals surface area contributed by atoms with Gasteiger partial charge < -0.3 is 20.1 Å². The van der Waals surface area contributed by atoms with Crippen LogP contribution < -0.4 is 10.1 Å². The summed E-state index contributed by atoms with van der Waals surface area (Å²) in [7, 11) is 2.07. The zero-order valence-electron chi connectivity index (χ0n) is 12.0. The summed E-state index contributed by atoms with van der Waals surface area (Å²) in [6, 6.07) is 0.341. The smallest absolute Gasteiger partial charge is 0.339 e. The zero-order valence-corrected chi connectivity index (χ0v) is 14.3. The predicted octanol–water partition coefficient (Wildman–Crippen LogP) is 2.18. The van der Waals surface area contributed by atoms with Crippen molar-refractivity contribution in [3.63, 3.8) is 0 Å². The number of likely N-dealkylation sites (N-methyl/N-ethyl adjacent to an activating group) is 1. The normalized spacial score (nSPS) is 18.6. The van der Waals surface area contributed by atoms with Crippen molar-refractivity contribution >= 4 is 41.6 Å². The van der Waals surface area contributed by atoms with Crippen LogP contribution in [0.25, 0.3) is 0 Å². The quantitative estimate of drug-likeness (QED) is 0.827. The maximum Gasteiger partial charge on any atom is 0.339 e. The number of carbonyl (C=O) groups is 1. The van der Waals surface area contributed by atoms with Gasteiger partial charge in [0.25, 0.3) is 0 Å². The Morgan fingerprint density at radius 1 is 1.59 bits per heavy atom. The fourth-order valence-electron chi connectivity index (χ4n) is 2.23. The van der Waals surface area contributed by atoms with Crippen LogP contribution in [0.1, 0.15) is 16.8 Å². The lowest BCUT2D eigenvalue weighted by molar-refractivity contribution is 0.0696. The first kappa shape index (κ1) is 19.3. The highest BCUT2D eigenvalue weighted by Gasteiger charge is 2.20. The molecule has 6 nitrogen and oxygen atoms in total. The van der Waals surface area contributed by atoms with Crippen LogP contribution in [0.2, 0.25) is 10.0 Å². The molecule has 1 unspecified atom stereocenters. The maximum atomic E-state index is 11.1. The van der Waals surface area contributed by atoms with E-state index in [0.717, 1.165) is 26.1 Å². The molecular formula is C13H18Cl3N3O3. The van der Waals surface area contributed by atoms with Crippen molar-refractivity contribution < 1.29 is 14.6 Å². The van der Waals surface area contributed by atoms with E-state index in [1.54, 1.807) is 0 Å². The van der Waals surface area contributed by atoms with Gasteiger partial charge in [0.2, 0.25) is 5.88 Å². The van der Waals surface area contributed by atoms with E-state index in [2.05, 4.69) is 22.2 Å². The molecule has 1 aliphatic heterocycles. The first-order valence-electron chi connectivity index (χ1n) is 6.61. The minimum absolute atomic E-state index is 0. The number of aromatic nitrogens is 1. The molecule has 0 spiro atoms. The molecule has 2 N–H and O–H groups in total. The second-order valence-electron chi connectivity index (χ2n) is 4.96. The number of ether oxygens (including phenoxy) is 1. The Labute approximate surface area is 145 Å². The highest BCUT2D eigenvalue weighted by atomic mass is 35.5. The second kappa shape index (κ2) is 8.74. The Kier molecular flexibility index (Phi) is 7.65. The van der Waals surface area contributed by atoms with Crippen molar-refractivity contribution in [2.75, 3.05) is 33.3 Å². The number of carboxylic acids is 1. The van der Waals surface area contributed by atoms with Crippen LogP contribution in [-0.4, -0.2) is 60.3 Å². The van der Waals surface area contributed by atoms with Crippen LogP contribution in [0.4, 0.5) is 0 Å². The molecule has 1 atom stereocenters. The van der Waals surface area contributed by atoms with Crippen molar-refractivity contribution in [1.82, 2.24) is 15.2 Å². The highest BCUT2D eigenvalue weighted by molar-refractivity contribution is 6.39. The van der Waals surface area contributed by atoms with Gasteiger partial charge in [-0.05, 0) is 13.5 Å². The monoisotopic (exact) mass is 369 g/mol. The van der Waals surface area contributed by atoms with E-state index < -0.39 is 5.97 Å². The van der Waals surface area contributed by atoms with E-state index >= 15 is 0 Å². The number of nitrogens with zero attached hydrogens (tertiary/aromatic N) is 2. The molecule has 0 radical (unpaired) electrons. The van der Waals surface area contributed by atoms with Gasteiger partial charge in [0.05, 0.1) is 17.8 Å². The second-order valence-corrected chi connectivity index (χ2v) is 5.74. The SMILES string of the molecule is CN1CCNC(CCOc2ncc(Cl)c(C(=O)O)c2Cl)C1.Cl. The standard InChI is InChI=1S/C13H17Cl2N3O3.ClH/c1-18-4-3-16-8(7-18)2-5-21-12-11(15)10(13(19)20)9(14)6-17-12;/h6,8,16H,2-5,7H2,1H3,(H,19,20);1H. The number of carboxylic acid groups (broad SMARTS) is 1. The van der Waals surface area contributed by atoms with E-state index in [9.17, 15) is 4.79 Å². The van der Waals surface area contributed by atoms with Crippen LogP contribution in [0.5, 0.6) is 5.88 Å². The summed E-state index contributed by atoms with van der Waals surface area (Å²) in [5.74, 6) is -1.10. The Morgan fingerprint density at radius 3 is 2.95 bits per heavy atom. The molecule has 2 heterocycles. The number of nitrogens with one attached hydrogen (secondary N) is 1. The van der Waals surface area contributed by atoms with Crippen LogP contribution in [0, 0.1) is 0 Å². The molecule has 124 valence electrons. The molecular weight excluding hydrogens is 353 g/mol. The van der Waals surface area contributed by atoms with E-state index in [1.165, 1.54) is 6.20 Å². The average molecular weight is 371 g/mol. The van der Waals surface area contributed by atoms with Gasteiger partial charge >= 0.3 is 5.97 Å². The van der Waals surface area contributed by atoms with Crippen LogP contribution >= 0.6 is 35.6 Å². The number of aromatic carboxylic acids is 1. The number of pyridine rings is 1. The van der Waals surface area contributed by atoms with Gasteiger partial charge in [-0.3, -0.25) is 0 Å². The van der Waals surface area contributed by atoms with Gasteiger partial charge in [0.15, 0.2) is 0 Å². The van der Waals surface area contributed by atoms with E-state index in [-0.39, 0.29) is 33.9 Å². The minimum atomic E-state index is -1.20. The van der Waals surface area contributed by atoms with Crippen LogP contribution in [0.15, 0.2) is 6.20 Å². The summed E-state index contributed by atoms with van der Waals surface area (Å²) in [5.41, 5.74) is -0.182. The Morgan fingerprint density at radius 2 is 2.32 bits per heavy atom. The first-order chi connectivity index (χ1) is 9.99. The highest BCUT2D eigenvalue weighted by Crippen LogP contribution is 2.31. The molecule has 9 heteroatoms. The maximum absolute atomic E-state index is 11.1. The van der Waals surface area contributed by atoms with Gasteiger partial charge in [0, 0.05) is 25.7 Å². The Balaban J connectivity index is 0.00000242. The number of hydrogen-bond acceptors (Lipinski definition) is 5. The largest absolute Gasteiger partial charge is 0.478 e. The predicted molar refractivity (Wildman–Crippen MR) is 87.9 cm³/mol. The first-order valence-corrected chi connectivity index (χ1v) is 7.36. The van der Waals surface area contributed by atoms with Gasteiger partial charge in [-0.25, -0.2) is 9.78 Å². The van der Waals surface area contributed by atoms with Crippen molar-refractivity contribution in [2.24, 2.45) is 0 Å². The molecule has 1 aromatic rings.